The number of nitrogens with zero attached hydrogens (tertiary/aromatic N) is 4. The second kappa shape index (κ2) is 16.0. The Morgan fingerprint density at radius 2 is 0.586 bits per heavy atom. The van der Waals surface area contributed by atoms with E-state index in [2.05, 4.69) is 0 Å². The Balaban J connectivity index is 1.55. The number of ether oxygens (including phenoxy) is 4. The van der Waals surface area contributed by atoms with Gasteiger partial charge in [0.1, 0.15) is 23.0 Å². The molecule has 2 heterocycles. The summed E-state index contributed by atoms with van der Waals surface area (Å²) in [5.41, 5.74) is 2.43. The van der Waals surface area contributed by atoms with Crippen molar-refractivity contribution in [1.29, 1.82) is 0 Å². The molecule has 2 aliphatic heterocycles. The molecular formula is C46H34Cl4N4O4. The normalized spacial score (nSPS) is 15.2. The van der Waals surface area contributed by atoms with Crippen LogP contribution in [0.2, 0.25) is 20.1 Å². The van der Waals surface area contributed by atoms with Crippen molar-refractivity contribution < 1.29 is 18.9 Å². The van der Waals surface area contributed by atoms with Crippen molar-refractivity contribution >= 4 is 69.3 Å². The average molecular weight is 849 g/mol. The Morgan fingerprint density at radius 3 is 0.810 bits per heavy atom. The zero-order valence-electron chi connectivity index (χ0n) is 31.6. The number of halogens is 4. The molecule has 0 fully saturated rings. The van der Waals surface area contributed by atoms with Gasteiger partial charge in [-0.25, -0.2) is 20.0 Å². The minimum Gasteiger partial charge on any atom is -0.497 e. The maximum Gasteiger partial charge on any atom is 0.227 e. The summed E-state index contributed by atoms with van der Waals surface area (Å²) in [4.78, 5) is 22.7. The first-order valence-electron chi connectivity index (χ1n) is 18.0. The number of rotatable bonds is 11. The molecule has 58 heavy (non-hydrogen) atoms. The fourth-order valence-electron chi connectivity index (χ4n) is 7.18. The second-order valence-corrected chi connectivity index (χ2v) is 14.9. The largest absolute Gasteiger partial charge is 0.497 e. The maximum absolute atomic E-state index is 7.31. The number of benzene rings is 6. The van der Waals surface area contributed by atoms with E-state index in [4.69, 9.17) is 85.3 Å². The van der Waals surface area contributed by atoms with Crippen LogP contribution >= 0.6 is 46.4 Å². The van der Waals surface area contributed by atoms with Crippen molar-refractivity contribution in [3.63, 3.8) is 0 Å². The lowest BCUT2D eigenvalue weighted by atomic mass is 9.82. The highest BCUT2D eigenvalue weighted by molar-refractivity contribution is 6.56. The van der Waals surface area contributed by atoms with E-state index in [1.165, 1.54) is 0 Å². The molecule has 0 aliphatic carbocycles. The van der Waals surface area contributed by atoms with Gasteiger partial charge in [0.15, 0.2) is 0 Å². The first-order valence-corrected chi connectivity index (χ1v) is 19.5. The van der Waals surface area contributed by atoms with Crippen LogP contribution in [0.25, 0.3) is 0 Å². The summed E-state index contributed by atoms with van der Waals surface area (Å²) in [6.45, 7) is 0. The van der Waals surface area contributed by atoms with Gasteiger partial charge >= 0.3 is 0 Å². The standard InChI is InChI=1S/C46H34Cl4N4O4/c1-55-31-19-11-27(12-20-31)41-42(28-13-21-32(56-2)22-14-28)52-45(51-41,35-7-5-9-37(47)39(35)49)46(36-8-6-10-38(48)40(36)50)53-43(29-15-23-33(57-3)24-16-29)44(54-46)30-17-25-34(58-4)26-18-30/h5-26H,1-4H3. The van der Waals surface area contributed by atoms with Crippen LogP contribution in [-0.4, -0.2) is 51.3 Å². The highest BCUT2D eigenvalue weighted by atomic mass is 35.5. The summed E-state index contributed by atoms with van der Waals surface area (Å²) in [6.07, 6.45) is 0. The van der Waals surface area contributed by atoms with Crippen molar-refractivity contribution in [2.45, 2.75) is 11.3 Å². The Hall–Kier alpha value is -5.64. The number of aliphatic imine (C=N–C) groups is 4. The second-order valence-electron chi connectivity index (χ2n) is 13.3. The maximum atomic E-state index is 7.31. The minimum atomic E-state index is -1.79. The molecule has 0 amide bonds. The molecule has 8 rings (SSSR count). The lowest BCUT2D eigenvalue weighted by Gasteiger charge is -2.39. The van der Waals surface area contributed by atoms with E-state index in [1.54, 1.807) is 52.7 Å². The minimum absolute atomic E-state index is 0.216. The molecule has 0 saturated heterocycles. The van der Waals surface area contributed by atoms with Gasteiger partial charge in [-0.05, 0) is 109 Å². The molecule has 6 aromatic carbocycles. The summed E-state index contributed by atoms with van der Waals surface area (Å²) >= 11 is 28.4. The van der Waals surface area contributed by atoms with E-state index >= 15 is 0 Å². The van der Waals surface area contributed by atoms with Gasteiger partial charge in [-0.1, -0.05) is 70.7 Å². The van der Waals surface area contributed by atoms with Crippen LogP contribution in [0.1, 0.15) is 33.4 Å². The van der Waals surface area contributed by atoms with Gasteiger partial charge in [0.05, 0.1) is 71.4 Å². The summed E-state index contributed by atoms with van der Waals surface area (Å²) in [5.74, 6) is 2.70. The molecule has 0 N–H and O–H groups in total. The molecule has 0 spiro atoms. The average Bonchev–Trinajstić information content (AvgIpc) is 3.88. The molecule has 0 atom stereocenters. The van der Waals surface area contributed by atoms with E-state index in [0.717, 1.165) is 22.3 Å². The van der Waals surface area contributed by atoms with Crippen LogP contribution in [0.3, 0.4) is 0 Å². The van der Waals surface area contributed by atoms with E-state index in [0.29, 0.717) is 57.0 Å². The molecule has 290 valence electrons. The summed E-state index contributed by atoms with van der Waals surface area (Å²) in [7, 11) is 6.48. The molecule has 8 nitrogen and oxygen atoms in total. The molecule has 0 saturated carbocycles. The van der Waals surface area contributed by atoms with Gasteiger partial charge in [0, 0.05) is 33.4 Å². The first-order chi connectivity index (χ1) is 28.1. The quantitative estimate of drug-likeness (QED) is 0.130. The van der Waals surface area contributed by atoms with Crippen molar-refractivity contribution in [2.24, 2.45) is 20.0 Å². The molecular weight excluding hydrogens is 814 g/mol. The highest BCUT2D eigenvalue weighted by Crippen LogP contribution is 2.58. The molecule has 0 bridgehead atoms. The number of hydrogen-bond acceptors (Lipinski definition) is 8. The lowest BCUT2D eigenvalue weighted by Crippen LogP contribution is -2.43. The van der Waals surface area contributed by atoms with Gasteiger partial charge in [-0.3, -0.25) is 0 Å². The predicted octanol–water partition coefficient (Wildman–Crippen LogP) is 11.3. The van der Waals surface area contributed by atoms with Crippen LogP contribution in [0.4, 0.5) is 0 Å². The Morgan fingerprint density at radius 1 is 0.345 bits per heavy atom. The fourth-order valence-corrected chi connectivity index (χ4v) is 8.05. The predicted molar refractivity (Wildman–Crippen MR) is 234 cm³/mol. The SMILES string of the molecule is COc1ccc(C2=NC(c3cccc(Cl)c3Cl)(C3(c4cccc(Cl)c4Cl)N=C(c4ccc(OC)cc4)C(c4ccc(OC)cc4)=N3)N=C2c2ccc(OC)cc2)cc1. The monoisotopic (exact) mass is 846 g/mol. The van der Waals surface area contributed by atoms with Crippen LogP contribution in [0, 0.1) is 0 Å². The Bertz CT molecular complexity index is 2330. The van der Waals surface area contributed by atoms with Crippen LogP contribution in [0.5, 0.6) is 23.0 Å². The summed E-state index contributed by atoms with van der Waals surface area (Å²) in [6, 6.07) is 41.1. The number of hydrogen-bond donors (Lipinski definition) is 0. The lowest BCUT2D eigenvalue weighted by molar-refractivity contribution is 0.257. The zero-order chi connectivity index (χ0) is 40.6. The molecule has 0 unspecified atom stereocenters. The van der Waals surface area contributed by atoms with Gasteiger partial charge in [0.2, 0.25) is 11.3 Å². The van der Waals surface area contributed by atoms with E-state index in [-0.39, 0.29) is 20.1 Å². The highest BCUT2D eigenvalue weighted by Gasteiger charge is 2.62. The van der Waals surface area contributed by atoms with Crippen molar-refractivity contribution in [2.75, 3.05) is 28.4 Å². The number of methoxy groups -OCH3 is 4. The van der Waals surface area contributed by atoms with Crippen molar-refractivity contribution in [3.05, 3.63) is 187 Å². The summed E-state index contributed by atoms with van der Waals surface area (Å²) in [5, 5.41) is 1.01. The van der Waals surface area contributed by atoms with Crippen LogP contribution in [-0.2, 0) is 11.3 Å². The van der Waals surface area contributed by atoms with Gasteiger partial charge in [-0.15, -0.1) is 0 Å². The zero-order valence-corrected chi connectivity index (χ0v) is 34.7. The third kappa shape index (κ3) is 6.70. The summed E-state index contributed by atoms with van der Waals surface area (Å²) < 4.78 is 22.1. The van der Waals surface area contributed by atoms with Crippen LogP contribution < -0.4 is 18.9 Å². The van der Waals surface area contributed by atoms with Crippen molar-refractivity contribution in [3.8, 4) is 23.0 Å². The molecule has 12 heteroatoms. The fraction of sp³-hybridized carbons (Fsp3) is 0.130. The van der Waals surface area contributed by atoms with E-state index in [9.17, 15) is 0 Å². The van der Waals surface area contributed by atoms with Gasteiger partial charge < -0.3 is 18.9 Å². The van der Waals surface area contributed by atoms with Crippen molar-refractivity contribution in [1.82, 2.24) is 0 Å². The topological polar surface area (TPSA) is 86.4 Å². The Labute approximate surface area is 356 Å². The first kappa shape index (κ1) is 39.2. The molecule has 2 aliphatic rings. The molecule has 0 radical (unpaired) electrons. The third-order valence-corrected chi connectivity index (χ3v) is 11.8. The Kier molecular flexibility index (Phi) is 10.8. The molecule has 0 aromatic heterocycles. The van der Waals surface area contributed by atoms with Gasteiger partial charge in [-0.2, -0.15) is 0 Å². The van der Waals surface area contributed by atoms with E-state index < -0.39 is 11.3 Å². The van der Waals surface area contributed by atoms with Crippen LogP contribution in [0.15, 0.2) is 153 Å². The molecule has 6 aromatic rings. The van der Waals surface area contributed by atoms with E-state index in [1.807, 2.05) is 109 Å². The smallest absolute Gasteiger partial charge is 0.227 e. The third-order valence-electron chi connectivity index (χ3n) is 10.1. The van der Waals surface area contributed by atoms with Gasteiger partial charge in [0.25, 0.3) is 0 Å².